The molecule has 5 aromatic carbocycles. The molecule has 0 fully saturated rings. The highest BCUT2D eigenvalue weighted by atomic mass is 16.5. The summed E-state index contributed by atoms with van der Waals surface area (Å²) in [6, 6.07) is 30.8. The molecular formula is C42H36O2. The van der Waals surface area contributed by atoms with Gasteiger partial charge in [0.05, 0.1) is 0 Å². The summed E-state index contributed by atoms with van der Waals surface area (Å²) in [7, 11) is 0. The number of fused-ring (bicyclic) bond motifs is 5. The molecule has 0 aromatic heterocycles. The maximum Gasteiger partial charge on any atom is 0.390 e. The Morgan fingerprint density at radius 3 is 2.30 bits per heavy atom. The first-order valence-corrected chi connectivity index (χ1v) is 15.4. The van der Waals surface area contributed by atoms with Crippen molar-refractivity contribution in [2.24, 2.45) is 5.41 Å². The van der Waals surface area contributed by atoms with Crippen molar-refractivity contribution in [2.45, 2.75) is 52.9 Å². The Hall–Kier alpha value is -4.87. The van der Waals surface area contributed by atoms with Gasteiger partial charge in [0.25, 0.3) is 0 Å². The molecule has 2 heteroatoms. The second-order valence-corrected chi connectivity index (χ2v) is 13.6. The lowest BCUT2D eigenvalue weighted by Crippen LogP contribution is -2.27. The van der Waals surface area contributed by atoms with Crippen molar-refractivity contribution in [1.29, 1.82) is 0 Å². The van der Waals surface area contributed by atoms with Crippen LogP contribution in [-0.2, 0) is 10.2 Å². The van der Waals surface area contributed by atoms with Gasteiger partial charge in [0.2, 0.25) is 0 Å². The Bertz CT molecular complexity index is 2110. The molecule has 216 valence electrons. The summed E-state index contributed by atoms with van der Waals surface area (Å²) < 4.78 is 5.48. The van der Waals surface area contributed by atoms with Crippen LogP contribution in [0.5, 0.6) is 5.75 Å². The van der Waals surface area contributed by atoms with Crippen LogP contribution in [-0.4, -0.2) is 5.97 Å². The molecule has 0 spiro atoms. The summed E-state index contributed by atoms with van der Waals surface area (Å²) in [5.41, 5.74) is 10.2. The Balaban J connectivity index is 1.37. The van der Waals surface area contributed by atoms with E-state index >= 15 is 0 Å². The standard InChI is InChI=1S/C42H36O2/c1-27-23-38-29(16-18-36-33-21-22-41(2,3)25-30(33)26-42(4,5)40(36)38)24-37(27)35-17-15-28-11-9-10-14-32(28)34(35)19-20-39(43)44-31-12-7-6-8-13-31/h6-18,21-24H,25-26H2,1-5H3. The van der Waals surface area contributed by atoms with Crippen molar-refractivity contribution in [1.82, 2.24) is 0 Å². The molecule has 0 bridgehead atoms. The Morgan fingerprint density at radius 2 is 1.48 bits per heavy atom. The van der Waals surface area contributed by atoms with Gasteiger partial charge in [-0.1, -0.05) is 124 Å². The largest absolute Gasteiger partial charge is 0.417 e. The smallest absolute Gasteiger partial charge is 0.390 e. The number of esters is 1. The van der Waals surface area contributed by atoms with Crippen LogP contribution in [0.15, 0.2) is 109 Å². The molecule has 0 atom stereocenters. The van der Waals surface area contributed by atoms with E-state index in [0.717, 1.165) is 40.3 Å². The predicted octanol–water partition coefficient (Wildman–Crippen LogP) is 10.3. The zero-order chi connectivity index (χ0) is 30.6. The quantitative estimate of drug-likeness (QED) is 0.119. The number of ether oxygens (including phenoxy) is 1. The molecule has 5 aromatic rings. The minimum absolute atomic E-state index is 0.0294. The van der Waals surface area contributed by atoms with Crippen molar-refractivity contribution in [2.75, 3.05) is 0 Å². The molecule has 0 saturated carbocycles. The second kappa shape index (κ2) is 10.4. The van der Waals surface area contributed by atoms with Gasteiger partial charge in [-0.25, -0.2) is 4.79 Å². The Morgan fingerprint density at radius 1 is 0.750 bits per heavy atom. The van der Waals surface area contributed by atoms with E-state index < -0.39 is 5.97 Å². The van der Waals surface area contributed by atoms with Crippen LogP contribution in [0.2, 0.25) is 0 Å². The maximum atomic E-state index is 12.7. The van der Waals surface area contributed by atoms with Crippen molar-refractivity contribution >= 4 is 33.1 Å². The molecule has 0 unspecified atom stereocenters. The molecule has 2 aliphatic rings. The van der Waals surface area contributed by atoms with Gasteiger partial charge in [0, 0.05) is 11.5 Å². The predicted molar refractivity (Wildman–Crippen MR) is 183 cm³/mol. The van der Waals surface area contributed by atoms with Gasteiger partial charge in [-0.2, -0.15) is 0 Å². The van der Waals surface area contributed by atoms with Crippen molar-refractivity contribution < 1.29 is 9.53 Å². The lowest BCUT2D eigenvalue weighted by Gasteiger charge is -2.40. The molecule has 0 amide bonds. The summed E-state index contributed by atoms with van der Waals surface area (Å²) in [6.45, 7) is 11.6. The maximum absolute atomic E-state index is 12.7. The number of hydrogen-bond donors (Lipinski definition) is 0. The number of carbonyl (C=O) groups excluding carboxylic acids is 1. The molecule has 44 heavy (non-hydrogen) atoms. The number of carbonyl (C=O) groups is 1. The number of benzene rings is 5. The van der Waals surface area contributed by atoms with Crippen LogP contribution in [0.3, 0.4) is 0 Å². The lowest BCUT2D eigenvalue weighted by molar-refractivity contribution is -0.128. The fourth-order valence-corrected chi connectivity index (χ4v) is 7.28. The zero-order valence-electron chi connectivity index (χ0n) is 26.0. The van der Waals surface area contributed by atoms with Crippen LogP contribution in [0, 0.1) is 24.2 Å². The fraction of sp³-hybridized carbons (Fsp3) is 0.214. The monoisotopic (exact) mass is 572 g/mol. The third-order valence-corrected chi connectivity index (χ3v) is 9.20. The van der Waals surface area contributed by atoms with E-state index in [1.54, 1.807) is 17.7 Å². The van der Waals surface area contributed by atoms with Gasteiger partial charge >= 0.3 is 5.97 Å². The van der Waals surface area contributed by atoms with Crippen molar-refractivity contribution in [3.05, 3.63) is 131 Å². The van der Waals surface area contributed by atoms with Crippen LogP contribution >= 0.6 is 0 Å². The van der Waals surface area contributed by atoms with Gasteiger partial charge < -0.3 is 4.74 Å². The van der Waals surface area contributed by atoms with E-state index in [9.17, 15) is 4.79 Å². The lowest BCUT2D eigenvalue weighted by atomic mass is 9.64. The highest BCUT2D eigenvalue weighted by Gasteiger charge is 2.36. The highest BCUT2D eigenvalue weighted by molar-refractivity contribution is 6.01. The summed E-state index contributed by atoms with van der Waals surface area (Å²) in [6.07, 6.45) is 6.93. The molecule has 0 N–H and O–H groups in total. The summed E-state index contributed by atoms with van der Waals surface area (Å²) >= 11 is 0. The summed E-state index contributed by atoms with van der Waals surface area (Å²) in [5, 5.41) is 4.64. The normalized spacial score (nSPS) is 16.2. The van der Waals surface area contributed by atoms with Gasteiger partial charge in [-0.15, -0.1) is 0 Å². The van der Waals surface area contributed by atoms with Gasteiger partial charge in [0.15, 0.2) is 0 Å². The molecule has 7 rings (SSSR count). The molecule has 2 nitrogen and oxygen atoms in total. The fourth-order valence-electron chi connectivity index (χ4n) is 7.28. The number of allylic oxidation sites excluding steroid dienone is 4. The van der Waals surface area contributed by atoms with Crippen molar-refractivity contribution in [3.8, 4) is 28.7 Å². The van der Waals surface area contributed by atoms with E-state index in [1.807, 2.05) is 30.3 Å². The van der Waals surface area contributed by atoms with Crippen LogP contribution in [0.25, 0.3) is 38.2 Å². The molecule has 0 heterocycles. The minimum atomic E-state index is -0.576. The first-order valence-electron chi connectivity index (χ1n) is 15.4. The molecule has 0 saturated heterocycles. The topological polar surface area (TPSA) is 26.3 Å². The van der Waals surface area contributed by atoms with Gasteiger partial charge in [-0.3, -0.25) is 0 Å². The second-order valence-electron chi connectivity index (χ2n) is 13.6. The SMILES string of the molecule is Cc1cc2c3c(ccc2cc1-c1ccc2ccccc2c1C#CC(=O)Oc1ccccc1)C1=C(CC(C)(C)C=C1)CC3(C)C. The Labute approximate surface area is 260 Å². The van der Waals surface area contributed by atoms with E-state index in [4.69, 9.17) is 4.74 Å². The summed E-state index contributed by atoms with van der Waals surface area (Å²) in [5.74, 6) is 5.89. The van der Waals surface area contributed by atoms with Gasteiger partial charge in [0.1, 0.15) is 5.75 Å². The number of rotatable bonds is 2. The number of aryl methyl sites for hydroxylation is 1. The third kappa shape index (κ3) is 4.93. The first-order chi connectivity index (χ1) is 21.1. The molecule has 2 aliphatic carbocycles. The average Bonchev–Trinajstić information content (AvgIpc) is 2.99. The average molecular weight is 573 g/mol. The van der Waals surface area contributed by atoms with Crippen molar-refractivity contribution in [3.63, 3.8) is 0 Å². The first kappa shape index (κ1) is 27.9. The number of para-hydroxylation sites is 1. The van der Waals surface area contributed by atoms with E-state index in [1.165, 1.54) is 33.0 Å². The van der Waals surface area contributed by atoms with Crippen LogP contribution < -0.4 is 4.74 Å². The van der Waals surface area contributed by atoms with E-state index in [0.29, 0.717) is 5.75 Å². The zero-order valence-corrected chi connectivity index (χ0v) is 26.0. The summed E-state index contributed by atoms with van der Waals surface area (Å²) in [4.78, 5) is 12.7. The van der Waals surface area contributed by atoms with Crippen LogP contribution in [0.4, 0.5) is 0 Å². The third-order valence-electron chi connectivity index (χ3n) is 9.20. The minimum Gasteiger partial charge on any atom is -0.417 e. The van der Waals surface area contributed by atoms with Gasteiger partial charge in [-0.05, 0) is 104 Å². The molecule has 0 aliphatic heterocycles. The number of hydrogen-bond acceptors (Lipinski definition) is 2. The van der Waals surface area contributed by atoms with E-state index in [2.05, 4.69) is 107 Å². The van der Waals surface area contributed by atoms with Crippen LogP contribution in [0.1, 0.15) is 62.8 Å². The van der Waals surface area contributed by atoms with E-state index in [-0.39, 0.29) is 10.8 Å². The molecule has 0 radical (unpaired) electrons. The highest BCUT2D eigenvalue weighted by Crippen LogP contribution is 2.51. The molecular weight excluding hydrogens is 536 g/mol. The Kier molecular flexibility index (Phi) is 6.60.